The van der Waals surface area contributed by atoms with Crippen LogP contribution >= 0.6 is 0 Å². The summed E-state index contributed by atoms with van der Waals surface area (Å²) in [7, 11) is 1.49. The van der Waals surface area contributed by atoms with Gasteiger partial charge in [0.2, 0.25) is 17.6 Å². The Morgan fingerprint density at radius 1 is 1.31 bits per heavy atom. The Hall–Kier alpha value is -3.01. The Kier molecular flexibility index (Phi) is 5.42. The van der Waals surface area contributed by atoms with Gasteiger partial charge in [0.1, 0.15) is 11.9 Å². The van der Waals surface area contributed by atoms with Crippen LogP contribution in [0.5, 0.6) is 5.88 Å². The number of hydrogen-bond donors (Lipinski definition) is 3. The van der Waals surface area contributed by atoms with E-state index in [0.717, 1.165) is 19.0 Å². The molecule has 26 heavy (non-hydrogen) atoms. The molecule has 10 nitrogen and oxygen atoms in total. The van der Waals surface area contributed by atoms with E-state index in [4.69, 9.17) is 4.74 Å². The predicted octanol–water partition coefficient (Wildman–Crippen LogP) is 2.25. The number of anilines is 3. The first-order chi connectivity index (χ1) is 12.6. The quantitative estimate of drug-likeness (QED) is 0.523. The number of hydrogen-bond acceptors (Lipinski definition) is 9. The van der Waals surface area contributed by atoms with Crippen LogP contribution in [0.25, 0.3) is 0 Å². The van der Waals surface area contributed by atoms with E-state index in [1.165, 1.54) is 7.11 Å². The number of methoxy groups -OCH3 is 1. The normalized spacial score (nSPS) is 19.6. The van der Waals surface area contributed by atoms with Crippen LogP contribution in [0.1, 0.15) is 25.7 Å². The predicted molar refractivity (Wildman–Crippen MR) is 94.6 cm³/mol. The lowest BCUT2D eigenvalue weighted by Crippen LogP contribution is -2.29. The zero-order chi connectivity index (χ0) is 18.5. The first kappa shape index (κ1) is 17.8. The van der Waals surface area contributed by atoms with Crippen molar-refractivity contribution < 1.29 is 14.8 Å². The van der Waals surface area contributed by atoms with E-state index in [2.05, 4.69) is 25.6 Å². The van der Waals surface area contributed by atoms with Gasteiger partial charge in [-0.05, 0) is 37.8 Å². The molecule has 2 heterocycles. The van der Waals surface area contributed by atoms with Crippen molar-refractivity contribution in [1.29, 1.82) is 0 Å². The minimum atomic E-state index is -0.519. The number of nitrogens with zero attached hydrogens (tertiary/aromatic N) is 4. The van der Waals surface area contributed by atoms with Crippen LogP contribution in [0.3, 0.4) is 0 Å². The van der Waals surface area contributed by atoms with Crippen LogP contribution in [0.4, 0.5) is 23.1 Å². The second-order valence-corrected chi connectivity index (χ2v) is 6.02. The zero-order valence-electron chi connectivity index (χ0n) is 14.3. The molecular formula is C16H20N6O4. The highest BCUT2D eigenvalue weighted by Crippen LogP contribution is 2.29. The second kappa shape index (κ2) is 7.91. The Balaban J connectivity index is 1.83. The highest BCUT2D eigenvalue weighted by Gasteiger charge is 2.24. The third kappa shape index (κ3) is 4.14. The summed E-state index contributed by atoms with van der Waals surface area (Å²) in [5, 5.41) is 27.0. The Morgan fingerprint density at radius 2 is 2.08 bits per heavy atom. The number of pyridine rings is 1. The Bertz CT molecular complexity index is 779. The van der Waals surface area contributed by atoms with Gasteiger partial charge in [-0.15, -0.1) is 0 Å². The van der Waals surface area contributed by atoms with E-state index in [-0.39, 0.29) is 29.6 Å². The van der Waals surface area contributed by atoms with E-state index < -0.39 is 4.92 Å². The van der Waals surface area contributed by atoms with Crippen LogP contribution in [-0.2, 0) is 0 Å². The maximum atomic E-state index is 11.3. The van der Waals surface area contributed by atoms with Gasteiger partial charge in [0.15, 0.2) is 0 Å². The van der Waals surface area contributed by atoms with Crippen LogP contribution < -0.4 is 15.4 Å². The van der Waals surface area contributed by atoms with E-state index in [0.29, 0.717) is 24.4 Å². The fraction of sp³-hybridized carbons (Fsp3) is 0.438. The van der Waals surface area contributed by atoms with Gasteiger partial charge >= 0.3 is 5.69 Å². The molecule has 0 bridgehead atoms. The monoisotopic (exact) mass is 360 g/mol. The molecule has 0 atom stereocenters. The second-order valence-electron chi connectivity index (χ2n) is 6.02. The first-order valence-electron chi connectivity index (χ1n) is 8.29. The summed E-state index contributed by atoms with van der Waals surface area (Å²) in [6.45, 7) is 0. The molecule has 3 N–H and O–H groups in total. The summed E-state index contributed by atoms with van der Waals surface area (Å²) in [6, 6.07) is 3.49. The van der Waals surface area contributed by atoms with E-state index >= 15 is 0 Å². The molecule has 1 fully saturated rings. The summed E-state index contributed by atoms with van der Waals surface area (Å²) in [5.41, 5.74) is 0.357. The van der Waals surface area contributed by atoms with E-state index in [9.17, 15) is 15.2 Å². The summed E-state index contributed by atoms with van der Waals surface area (Å²) in [4.78, 5) is 23.1. The standard InChI is InChI=1S/C16H20N6O4/c1-26-15-12(3-2-8-17-15)20-16-18-9-13(22(24)25)14(21-16)19-10-4-6-11(23)7-5-10/h2-3,8-11,23H,4-7H2,1H3,(H2,18,19,20,21)/t10-,11-. The Labute approximate surface area is 149 Å². The van der Waals surface area contributed by atoms with Crippen molar-refractivity contribution in [3.63, 3.8) is 0 Å². The molecule has 0 aliphatic heterocycles. The average molecular weight is 360 g/mol. The molecule has 10 heteroatoms. The highest BCUT2D eigenvalue weighted by atomic mass is 16.6. The van der Waals surface area contributed by atoms with Crippen molar-refractivity contribution in [3.8, 4) is 5.88 Å². The maximum Gasteiger partial charge on any atom is 0.329 e. The molecule has 2 aromatic heterocycles. The molecule has 1 aliphatic carbocycles. The third-order valence-corrected chi connectivity index (χ3v) is 4.21. The van der Waals surface area contributed by atoms with E-state index in [1.807, 2.05) is 0 Å². The molecule has 2 aromatic rings. The minimum absolute atomic E-state index is 0.0211. The number of aliphatic hydroxyl groups is 1. The van der Waals surface area contributed by atoms with Crippen molar-refractivity contribution in [2.45, 2.75) is 37.8 Å². The fourth-order valence-electron chi connectivity index (χ4n) is 2.86. The van der Waals surface area contributed by atoms with Crippen molar-refractivity contribution in [3.05, 3.63) is 34.6 Å². The van der Waals surface area contributed by atoms with Crippen LogP contribution in [0.2, 0.25) is 0 Å². The smallest absolute Gasteiger partial charge is 0.329 e. The molecule has 138 valence electrons. The number of aromatic nitrogens is 3. The first-order valence-corrected chi connectivity index (χ1v) is 8.29. The highest BCUT2D eigenvalue weighted by molar-refractivity contribution is 5.63. The van der Waals surface area contributed by atoms with Gasteiger partial charge in [0.25, 0.3) is 0 Å². The van der Waals surface area contributed by atoms with E-state index in [1.54, 1.807) is 18.3 Å². The zero-order valence-corrected chi connectivity index (χ0v) is 14.3. The van der Waals surface area contributed by atoms with Gasteiger partial charge in [-0.25, -0.2) is 9.97 Å². The molecule has 0 saturated heterocycles. The van der Waals surface area contributed by atoms with Crippen LogP contribution in [0, 0.1) is 10.1 Å². The molecule has 1 aliphatic rings. The minimum Gasteiger partial charge on any atom is -0.480 e. The largest absolute Gasteiger partial charge is 0.480 e. The molecule has 0 amide bonds. The molecule has 1 saturated carbocycles. The summed E-state index contributed by atoms with van der Waals surface area (Å²) in [6.07, 6.45) is 5.22. The topological polar surface area (TPSA) is 135 Å². The molecule has 3 rings (SSSR count). The fourth-order valence-corrected chi connectivity index (χ4v) is 2.86. The average Bonchev–Trinajstić information content (AvgIpc) is 2.64. The molecule has 0 aromatic carbocycles. The molecule has 0 spiro atoms. The number of nitrogens with one attached hydrogen (secondary N) is 2. The lowest BCUT2D eigenvalue weighted by Gasteiger charge is -2.26. The molecule has 0 unspecified atom stereocenters. The van der Waals surface area contributed by atoms with Gasteiger partial charge in [0.05, 0.1) is 18.1 Å². The summed E-state index contributed by atoms with van der Waals surface area (Å²) < 4.78 is 5.16. The van der Waals surface area contributed by atoms with Crippen molar-refractivity contribution >= 4 is 23.1 Å². The van der Waals surface area contributed by atoms with Crippen molar-refractivity contribution in [2.24, 2.45) is 0 Å². The number of rotatable bonds is 6. The number of aliphatic hydroxyl groups excluding tert-OH is 1. The number of nitro groups is 1. The maximum absolute atomic E-state index is 11.3. The van der Waals surface area contributed by atoms with Crippen molar-refractivity contribution in [2.75, 3.05) is 17.7 Å². The lowest BCUT2D eigenvalue weighted by atomic mass is 9.93. The van der Waals surface area contributed by atoms with Crippen LogP contribution in [-0.4, -0.2) is 44.2 Å². The molecular weight excluding hydrogens is 340 g/mol. The lowest BCUT2D eigenvalue weighted by molar-refractivity contribution is -0.384. The van der Waals surface area contributed by atoms with Gasteiger partial charge < -0.3 is 20.5 Å². The van der Waals surface area contributed by atoms with Crippen LogP contribution in [0.15, 0.2) is 24.5 Å². The van der Waals surface area contributed by atoms with Gasteiger partial charge in [-0.1, -0.05) is 0 Å². The SMILES string of the molecule is COc1ncccc1Nc1ncc([N+](=O)[O-])c(N[C@H]2CC[C@H](O)CC2)n1. The van der Waals surface area contributed by atoms with Crippen molar-refractivity contribution in [1.82, 2.24) is 15.0 Å². The van der Waals surface area contributed by atoms with Gasteiger partial charge in [-0.2, -0.15) is 4.98 Å². The molecule has 0 radical (unpaired) electrons. The summed E-state index contributed by atoms with van der Waals surface area (Å²) >= 11 is 0. The van der Waals surface area contributed by atoms with Gasteiger partial charge in [0, 0.05) is 12.2 Å². The third-order valence-electron chi connectivity index (χ3n) is 4.21. The Morgan fingerprint density at radius 3 is 2.77 bits per heavy atom. The summed E-state index contributed by atoms with van der Waals surface area (Å²) in [5.74, 6) is 0.710. The number of ether oxygens (including phenoxy) is 1. The van der Waals surface area contributed by atoms with Gasteiger partial charge in [-0.3, -0.25) is 10.1 Å².